The van der Waals surface area contributed by atoms with Crippen LogP contribution in [0.1, 0.15) is 18.2 Å². The number of carbonyl (C=O) groups is 1. The van der Waals surface area contributed by atoms with E-state index in [1.807, 2.05) is 67.7 Å². The van der Waals surface area contributed by atoms with Crippen molar-refractivity contribution in [2.24, 2.45) is 7.05 Å². The fraction of sp³-hybridized carbons (Fsp3) is 0.375. The number of hydrogen-bond donors (Lipinski definition) is 0. The third-order valence-electron chi connectivity index (χ3n) is 5.69. The van der Waals surface area contributed by atoms with Crippen LogP contribution in [0.2, 0.25) is 0 Å². The molecule has 0 unspecified atom stereocenters. The lowest BCUT2D eigenvalue weighted by Gasteiger charge is -2.33. The molecule has 0 bridgehead atoms. The van der Waals surface area contributed by atoms with Gasteiger partial charge in [0.05, 0.1) is 37.8 Å². The van der Waals surface area contributed by atoms with Crippen LogP contribution in [0.25, 0.3) is 11.3 Å². The van der Waals surface area contributed by atoms with E-state index in [0.717, 1.165) is 28.4 Å². The van der Waals surface area contributed by atoms with Crippen LogP contribution in [0.15, 0.2) is 54.9 Å². The van der Waals surface area contributed by atoms with Gasteiger partial charge in [0, 0.05) is 51.1 Å². The minimum Gasteiger partial charge on any atom is -0.497 e. The van der Waals surface area contributed by atoms with E-state index in [1.54, 1.807) is 18.0 Å². The molecule has 3 heterocycles. The number of benzene rings is 1. The van der Waals surface area contributed by atoms with Crippen LogP contribution in [0, 0.1) is 0 Å². The second kappa shape index (κ2) is 9.82. The van der Waals surface area contributed by atoms with Gasteiger partial charge in [-0.25, -0.2) is 4.98 Å². The highest BCUT2D eigenvalue weighted by Crippen LogP contribution is 2.24. The van der Waals surface area contributed by atoms with Crippen LogP contribution in [-0.4, -0.2) is 66.0 Å². The number of aryl methyl sites for hydroxylation is 1. The monoisotopic (exact) mass is 435 g/mol. The summed E-state index contributed by atoms with van der Waals surface area (Å²) in [7, 11) is 5.52. The average molecular weight is 436 g/mol. The fourth-order valence-corrected chi connectivity index (χ4v) is 3.79. The molecule has 3 aromatic rings. The molecule has 8 heteroatoms. The van der Waals surface area contributed by atoms with Gasteiger partial charge in [0.25, 0.3) is 0 Å². The summed E-state index contributed by atoms with van der Waals surface area (Å²) in [6.07, 6.45) is 3.94. The Bertz CT molecular complexity index is 1050. The van der Waals surface area contributed by atoms with Crippen molar-refractivity contribution >= 4 is 11.6 Å². The number of anilines is 1. The van der Waals surface area contributed by atoms with Crippen molar-refractivity contribution in [3.63, 3.8) is 0 Å². The summed E-state index contributed by atoms with van der Waals surface area (Å²) in [5.74, 6) is 0.945. The molecule has 1 aliphatic rings. The molecule has 0 spiro atoms. The van der Waals surface area contributed by atoms with Gasteiger partial charge in [-0.15, -0.1) is 0 Å². The maximum atomic E-state index is 12.9. The first-order chi connectivity index (χ1) is 15.5. The van der Waals surface area contributed by atoms with Gasteiger partial charge in [0.1, 0.15) is 11.9 Å². The molecule has 1 atom stereocenters. The number of ether oxygens (including phenoxy) is 2. The van der Waals surface area contributed by atoms with Crippen molar-refractivity contribution in [2.45, 2.75) is 12.5 Å². The van der Waals surface area contributed by atoms with Crippen LogP contribution in [0.3, 0.4) is 0 Å². The number of rotatable bonds is 7. The SMILES string of the molecule is COc1ccc(N(C)CCC(=O)N2CCO[C@H](c3cccc(-c4cnn(C)c4)n3)C2)cc1. The zero-order valence-electron chi connectivity index (χ0n) is 18.8. The lowest BCUT2D eigenvalue weighted by atomic mass is 10.1. The third kappa shape index (κ3) is 5.08. The molecule has 1 fully saturated rings. The molecule has 1 saturated heterocycles. The Labute approximate surface area is 188 Å². The molecule has 32 heavy (non-hydrogen) atoms. The summed E-state index contributed by atoms with van der Waals surface area (Å²) in [5, 5.41) is 4.22. The maximum Gasteiger partial charge on any atom is 0.224 e. The van der Waals surface area contributed by atoms with E-state index in [9.17, 15) is 4.79 Å². The van der Waals surface area contributed by atoms with Crippen molar-refractivity contribution in [3.05, 3.63) is 60.6 Å². The van der Waals surface area contributed by atoms with E-state index in [2.05, 4.69) is 10.00 Å². The molecular formula is C24H29N5O3. The standard InChI is InChI=1S/C24H29N5O3/c1-27(19-7-9-20(31-3)10-8-19)12-11-24(30)29-13-14-32-23(17-29)22-6-4-5-21(26-22)18-15-25-28(2)16-18/h4-10,15-16,23H,11-14,17H2,1-3H3/t23-/m0/s1. The quantitative estimate of drug-likeness (QED) is 0.568. The average Bonchev–Trinajstić information content (AvgIpc) is 3.29. The highest BCUT2D eigenvalue weighted by molar-refractivity contribution is 5.77. The van der Waals surface area contributed by atoms with Gasteiger partial charge >= 0.3 is 0 Å². The molecule has 0 N–H and O–H groups in total. The van der Waals surface area contributed by atoms with Gasteiger partial charge in [-0.1, -0.05) is 6.07 Å². The van der Waals surface area contributed by atoms with Crippen LogP contribution in [0.4, 0.5) is 5.69 Å². The molecule has 2 aromatic heterocycles. The van der Waals surface area contributed by atoms with Crippen LogP contribution < -0.4 is 9.64 Å². The number of carbonyl (C=O) groups excluding carboxylic acids is 1. The lowest BCUT2D eigenvalue weighted by Crippen LogP contribution is -2.43. The van der Waals surface area contributed by atoms with Crippen molar-refractivity contribution in [1.82, 2.24) is 19.7 Å². The van der Waals surface area contributed by atoms with E-state index in [0.29, 0.717) is 32.7 Å². The normalized spacial score (nSPS) is 16.1. The first-order valence-corrected chi connectivity index (χ1v) is 10.7. The van der Waals surface area contributed by atoms with Gasteiger partial charge in [-0.3, -0.25) is 9.48 Å². The Morgan fingerprint density at radius 3 is 2.78 bits per heavy atom. The van der Waals surface area contributed by atoms with Crippen molar-refractivity contribution in [2.75, 3.05) is 45.3 Å². The van der Waals surface area contributed by atoms with Gasteiger partial charge in [0.15, 0.2) is 0 Å². The summed E-state index contributed by atoms with van der Waals surface area (Å²) >= 11 is 0. The topological polar surface area (TPSA) is 72.7 Å². The summed E-state index contributed by atoms with van der Waals surface area (Å²) in [4.78, 5) is 21.6. The van der Waals surface area contributed by atoms with Gasteiger partial charge in [0.2, 0.25) is 5.91 Å². The molecule has 8 nitrogen and oxygen atoms in total. The van der Waals surface area contributed by atoms with Gasteiger partial charge < -0.3 is 19.3 Å². The molecular weight excluding hydrogens is 406 g/mol. The predicted molar refractivity (Wildman–Crippen MR) is 123 cm³/mol. The Kier molecular flexibility index (Phi) is 6.70. The number of hydrogen-bond acceptors (Lipinski definition) is 6. The molecule has 4 rings (SSSR count). The number of nitrogens with zero attached hydrogens (tertiary/aromatic N) is 5. The molecule has 1 amide bonds. The smallest absolute Gasteiger partial charge is 0.224 e. The minimum atomic E-state index is -0.233. The second-order valence-electron chi connectivity index (χ2n) is 7.92. The lowest BCUT2D eigenvalue weighted by molar-refractivity contribution is -0.138. The van der Waals surface area contributed by atoms with Crippen LogP contribution in [0.5, 0.6) is 5.75 Å². The number of amides is 1. The van der Waals surface area contributed by atoms with Crippen molar-refractivity contribution in [3.8, 4) is 17.0 Å². The van der Waals surface area contributed by atoms with Gasteiger partial charge in [-0.2, -0.15) is 5.10 Å². The Balaban J connectivity index is 1.35. The van der Waals surface area contributed by atoms with E-state index >= 15 is 0 Å². The van der Waals surface area contributed by atoms with E-state index < -0.39 is 0 Å². The largest absolute Gasteiger partial charge is 0.497 e. The van der Waals surface area contributed by atoms with E-state index in [-0.39, 0.29) is 12.0 Å². The maximum absolute atomic E-state index is 12.9. The number of methoxy groups -OCH3 is 1. The summed E-state index contributed by atoms with van der Waals surface area (Å²) in [5.41, 5.74) is 3.69. The molecule has 0 radical (unpaired) electrons. The zero-order valence-corrected chi connectivity index (χ0v) is 18.8. The summed E-state index contributed by atoms with van der Waals surface area (Å²) in [6.45, 7) is 2.25. The fourth-order valence-electron chi connectivity index (χ4n) is 3.79. The minimum absolute atomic E-state index is 0.127. The summed E-state index contributed by atoms with van der Waals surface area (Å²) in [6, 6.07) is 13.7. The highest BCUT2D eigenvalue weighted by Gasteiger charge is 2.26. The van der Waals surface area contributed by atoms with Crippen LogP contribution >= 0.6 is 0 Å². The highest BCUT2D eigenvalue weighted by atomic mass is 16.5. The summed E-state index contributed by atoms with van der Waals surface area (Å²) < 4.78 is 12.9. The van der Waals surface area contributed by atoms with Gasteiger partial charge in [-0.05, 0) is 36.4 Å². The molecule has 1 aromatic carbocycles. The first kappa shape index (κ1) is 21.8. The van der Waals surface area contributed by atoms with Crippen molar-refractivity contribution < 1.29 is 14.3 Å². The second-order valence-corrected chi connectivity index (χ2v) is 7.92. The van der Waals surface area contributed by atoms with Crippen molar-refractivity contribution in [1.29, 1.82) is 0 Å². The molecule has 0 aliphatic carbocycles. The number of aromatic nitrogens is 3. The number of pyridine rings is 1. The zero-order chi connectivity index (χ0) is 22.5. The molecule has 0 saturated carbocycles. The van der Waals surface area contributed by atoms with E-state index in [4.69, 9.17) is 14.5 Å². The first-order valence-electron chi connectivity index (χ1n) is 10.7. The Hall–Kier alpha value is -3.39. The Morgan fingerprint density at radius 2 is 2.06 bits per heavy atom. The van der Waals surface area contributed by atoms with Crippen LogP contribution in [-0.2, 0) is 16.6 Å². The molecule has 168 valence electrons. The third-order valence-corrected chi connectivity index (χ3v) is 5.69. The number of morpholine rings is 1. The predicted octanol–water partition coefficient (Wildman–Crippen LogP) is 2.92. The Morgan fingerprint density at radius 1 is 1.25 bits per heavy atom. The molecule has 1 aliphatic heterocycles. The van der Waals surface area contributed by atoms with E-state index in [1.165, 1.54) is 0 Å².